The Morgan fingerprint density at radius 2 is 1.52 bits per heavy atom. The molecule has 5 rings (SSSR count). The maximum atomic E-state index is 12.8. The number of thiazole rings is 1. The van der Waals surface area contributed by atoms with Crippen LogP contribution in [0.1, 0.15) is 17.0 Å². The third kappa shape index (κ3) is 4.29. The fraction of sp³-hybridized carbons (Fsp3) is 0. The number of para-hydroxylation sites is 1. The summed E-state index contributed by atoms with van der Waals surface area (Å²) in [7, 11) is 0. The molecule has 0 saturated heterocycles. The second kappa shape index (κ2) is 8.38. The van der Waals surface area contributed by atoms with Gasteiger partial charge < -0.3 is 4.74 Å². The van der Waals surface area contributed by atoms with Crippen LogP contribution < -0.4 is 14.8 Å². The van der Waals surface area contributed by atoms with E-state index in [2.05, 4.69) is 10.1 Å². The summed E-state index contributed by atoms with van der Waals surface area (Å²) in [6.45, 7) is 0. The van der Waals surface area contributed by atoms with Crippen LogP contribution in [0.3, 0.4) is 0 Å². The van der Waals surface area contributed by atoms with E-state index in [4.69, 9.17) is 4.74 Å². The molecule has 0 aliphatic rings. The average Bonchev–Trinajstić information content (AvgIpc) is 3.33. The molecule has 0 aliphatic carbocycles. The van der Waals surface area contributed by atoms with Gasteiger partial charge in [0, 0.05) is 0 Å². The van der Waals surface area contributed by atoms with Gasteiger partial charge in [0.05, 0.1) is 4.53 Å². The van der Waals surface area contributed by atoms with Crippen LogP contribution >= 0.6 is 11.3 Å². The Balaban J connectivity index is 1.42. The number of rotatable bonds is 5. The van der Waals surface area contributed by atoms with E-state index in [0.717, 1.165) is 16.9 Å². The van der Waals surface area contributed by atoms with Crippen molar-refractivity contribution < 1.29 is 4.74 Å². The lowest BCUT2D eigenvalue weighted by Gasteiger charge is -2.05. The molecule has 5 nitrogen and oxygen atoms in total. The fourth-order valence-electron chi connectivity index (χ4n) is 3.10. The fourth-order valence-corrected chi connectivity index (χ4v) is 4.01. The third-order valence-electron chi connectivity index (χ3n) is 4.56. The van der Waals surface area contributed by atoms with Crippen LogP contribution in [-0.2, 0) is 0 Å². The molecule has 150 valence electrons. The van der Waals surface area contributed by atoms with E-state index < -0.39 is 0 Å². The van der Waals surface area contributed by atoms with E-state index in [1.165, 1.54) is 15.9 Å². The topological polar surface area (TPSA) is 56.5 Å². The summed E-state index contributed by atoms with van der Waals surface area (Å²) in [5.41, 5.74) is 1.75. The van der Waals surface area contributed by atoms with Crippen LogP contribution in [0, 0.1) is 0 Å². The molecule has 0 radical (unpaired) electrons. The molecule has 0 bridgehead atoms. The average molecular weight is 423 g/mol. The number of benzene rings is 3. The molecule has 0 saturated carbocycles. The van der Waals surface area contributed by atoms with E-state index >= 15 is 0 Å². The maximum Gasteiger partial charge on any atom is 0.291 e. The molecule has 2 heterocycles. The van der Waals surface area contributed by atoms with Gasteiger partial charge in [-0.25, -0.2) is 0 Å². The van der Waals surface area contributed by atoms with Crippen LogP contribution in [-0.4, -0.2) is 14.6 Å². The summed E-state index contributed by atoms with van der Waals surface area (Å²) in [5, 5.41) is 4.33. The highest BCUT2D eigenvalue weighted by atomic mass is 32.1. The lowest BCUT2D eigenvalue weighted by atomic mass is 10.2. The van der Waals surface area contributed by atoms with Gasteiger partial charge in [-0.1, -0.05) is 78.1 Å². The molecule has 5 aromatic rings. The van der Waals surface area contributed by atoms with E-state index in [9.17, 15) is 4.79 Å². The Morgan fingerprint density at radius 1 is 0.806 bits per heavy atom. The van der Waals surface area contributed by atoms with E-state index in [1.54, 1.807) is 0 Å². The first-order valence-electron chi connectivity index (χ1n) is 9.72. The van der Waals surface area contributed by atoms with Crippen molar-refractivity contribution >= 4 is 34.5 Å². The minimum atomic E-state index is -0.179. The van der Waals surface area contributed by atoms with Crippen LogP contribution in [0.2, 0.25) is 0 Å². The summed E-state index contributed by atoms with van der Waals surface area (Å²) < 4.78 is 7.80. The Kier molecular flexibility index (Phi) is 5.12. The normalized spacial score (nSPS) is 12.1. The highest BCUT2D eigenvalue weighted by Crippen LogP contribution is 2.22. The number of fused-ring (bicyclic) bond motifs is 1. The smallest absolute Gasteiger partial charge is 0.291 e. The minimum absolute atomic E-state index is 0.179. The Hall–Kier alpha value is -4.03. The highest BCUT2D eigenvalue weighted by molar-refractivity contribution is 7.15. The molecule has 0 amide bonds. The number of aromatic nitrogens is 3. The Bertz CT molecular complexity index is 1470. The largest absolute Gasteiger partial charge is 0.457 e. The Labute approximate surface area is 182 Å². The van der Waals surface area contributed by atoms with Gasteiger partial charge in [0.1, 0.15) is 11.5 Å². The number of ether oxygens (including phenoxy) is 1. The van der Waals surface area contributed by atoms with Crippen molar-refractivity contribution in [1.29, 1.82) is 0 Å². The first-order chi connectivity index (χ1) is 15.2. The Morgan fingerprint density at radius 3 is 2.29 bits per heavy atom. The van der Waals surface area contributed by atoms with Crippen molar-refractivity contribution in [1.82, 2.24) is 14.6 Å². The number of hydrogen-bond donors (Lipinski definition) is 0. The first-order valence-corrected chi connectivity index (χ1v) is 10.5. The molecular formula is C25H17N3O2S. The van der Waals surface area contributed by atoms with Crippen molar-refractivity contribution in [2.24, 2.45) is 0 Å². The molecule has 31 heavy (non-hydrogen) atoms. The molecule has 0 fully saturated rings. The highest BCUT2D eigenvalue weighted by Gasteiger charge is 2.09. The summed E-state index contributed by atoms with van der Waals surface area (Å²) in [5.74, 6) is 1.98. The first kappa shape index (κ1) is 19.0. The quantitative estimate of drug-likeness (QED) is 0.413. The molecule has 0 N–H and O–H groups in total. The SMILES string of the molecule is O=c1/c(=C\c2cccc(Oc3ccccc3)c2)sc2nc(/C=C/c3ccccc3)nn12. The summed E-state index contributed by atoms with van der Waals surface area (Å²) in [6, 6.07) is 27.1. The summed E-state index contributed by atoms with van der Waals surface area (Å²) >= 11 is 1.32. The lowest BCUT2D eigenvalue weighted by Crippen LogP contribution is -2.23. The third-order valence-corrected chi connectivity index (χ3v) is 5.52. The standard InChI is InChI=1S/C25H17N3O2S/c29-24-22(17-19-10-7-13-21(16-19)30-20-11-5-2-6-12-20)31-25-26-23(27-28(24)25)15-14-18-8-3-1-4-9-18/h1-17H/b15-14+,22-17+. The van der Waals surface area contributed by atoms with Crippen LogP contribution in [0.25, 0.3) is 23.2 Å². The zero-order valence-electron chi connectivity index (χ0n) is 16.4. The second-order valence-electron chi connectivity index (χ2n) is 6.81. The monoisotopic (exact) mass is 423 g/mol. The number of nitrogens with zero attached hydrogens (tertiary/aromatic N) is 3. The van der Waals surface area contributed by atoms with Gasteiger partial charge in [0.15, 0.2) is 5.82 Å². The van der Waals surface area contributed by atoms with Gasteiger partial charge in [-0.2, -0.15) is 9.50 Å². The summed E-state index contributed by atoms with van der Waals surface area (Å²) in [4.78, 5) is 17.8. The number of hydrogen-bond acceptors (Lipinski definition) is 5. The molecule has 0 atom stereocenters. The van der Waals surface area contributed by atoms with Gasteiger partial charge in [0.25, 0.3) is 5.56 Å². The van der Waals surface area contributed by atoms with Crippen molar-refractivity contribution in [3.8, 4) is 11.5 Å². The van der Waals surface area contributed by atoms with Crippen LogP contribution in [0.15, 0.2) is 89.7 Å². The van der Waals surface area contributed by atoms with E-state index in [0.29, 0.717) is 21.1 Å². The van der Waals surface area contributed by atoms with Crippen molar-refractivity contribution in [3.63, 3.8) is 0 Å². The van der Waals surface area contributed by atoms with Crippen molar-refractivity contribution in [2.75, 3.05) is 0 Å². The molecule has 0 aliphatic heterocycles. The lowest BCUT2D eigenvalue weighted by molar-refractivity contribution is 0.482. The van der Waals surface area contributed by atoms with Gasteiger partial charge in [-0.15, -0.1) is 5.10 Å². The minimum Gasteiger partial charge on any atom is -0.457 e. The zero-order valence-corrected chi connectivity index (χ0v) is 17.2. The molecule has 6 heteroatoms. The van der Waals surface area contributed by atoms with Crippen LogP contribution in [0.4, 0.5) is 0 Å². The van der Waals surface area contributed by atoms with Gasteiger partial charge >= 0.3 is 0 Å². The van der Waals surface area contributed by atoms with Gasteiger partial charge in [-0.3, -0.25) is 4.79 Å². The predicted molar refractivity (Wildman–Crippen MR) is 124 cm³/mol. The molecule has 3 aromatic carbocycles. The molecular weight excluding hydrogens is 406 g/mol. The molecule has 0 spiro atoms. The van der Waals surface area contributed by atoms with Crippen LogP contribution in [0.5, 0.6) is 11.5 Å². The van der Waals surface area contributed by atoms with Crippen molar-refractivity contribution in [3.05, 3.63) is 117 Å². The maximum absolute atomic E-state index is 12.8. The zero-order chi connectivity index (χ0) is 21.0. The summed E-state index contributed by atoms with van der Waals surface area (Å²) in [6.07, 6.45) is 5.57. The van der Waals surface area contributed by atoms with Gasteiger partial charge in [-0.05, 0) is 47.5 Å². The predicted octanol–water partition coefficient (Wildman–Crippen LogP) is 4.66. The molecule has 0 unspecified atom stereocenters. The van der Waals surface area contributed by atoms with Gasteiger partial charge in [0.2, 0.25) is 4.96 Å². The van der Waals surface area contributed by atoms with E-state index in [-0.39, 0.29) is 5.56 Å². The molecule has 2 aromatic heterocycles. The second-order valence-corrected chi connectivity index (χ2v) is 7.82. The van der Waals surface area contributed by atoms with Crippen molar-refractivity contribution in [2.45, 2.75) is 0 Å². The van der Waals surface area contributed by atoms with E-state index in [1.807, 2.05) is 103 Å².